The van der Waals surface area contributed by atoms with Gasteiger partial charge >= 0.3 is 0 Å². The zero-order chi connectivity index (χ0) is 11.5. The fraction of sp³-hybridized carbons (Fsp3) is 0.250. The molecule has 0 aliphatic rings. The Labute approximate surface area is 94.6 Å². The number of rotatable bonds is 3. The minimum atomic E-state index is -0.000595. The summed E-state index contributed by atoms with van der Waals surface area (Å²) in [6, 6.07) is 7.73. The van der Waals surface area contributed by atoms with Gasteiger partial charge in [-0.15, -0.1) is 0 Å². The quantitative estimate of drug-likeness (QED) is 0.854. The lowest BCUT2D eigenvalue weighted by Gasteiger charge is -2.04. The van der Waals surface area contributed by atoms with Crippen molar-refractivity contribution < 1.29 is 4.74 Å². The largest absolute Gasteiger partial charge is 0.497 e. The third-order valence-electron chi connectivity index (χ3n) is 2.45. The summed E-state index contributed by atoms with van der Waals surface area (Å²) in [6.07, 6.45) is 3.71. The van der Waals surface area contributed by atoms with Crippen molar-refractivity contribution in [3.05, 3.63) is 42.2 Å². The van der Waals surface area contributed by atoms with Crippen molar-refractivity contribution in [2.24, 2.45) is 5.73 Å². The van der Waals surface area contributed by atoms with E-state index < -0.39 is 0 Å². The lowest BCUT2D eigenvalue weighted by molar-refractivity contribution is 0.414. The molecule has 0 saturated heterocycles. The van der Waals surface area contributed by atoms with E-state index in [1.807, 2.05) is 37.4 Å². The molecule has 0 fully saturated rings. The molecule has 0 radical (unpaired) electrons. The molecule has 1 aromatic heterocycles. The van der Waals surface area contributed by atoms with E-state index in [1.54, 1.807) is 18.0 Å². The SMILES string of the molecule is COc1cccc(-n2cc(C(C)N)cn2)c1. The Hall–Kier alpha value is -1.81. The second-order valence-electron chi connectivity index (χ2n) is 3.71. The molecular formula is C12H15N3O. The van der Waals surface area contributed by atoms with Crippen molar-refractivity contribution in [3.8, 4) is 11.4 Å². The number of aromatic nitrogens is 2. The van der Waals surface area contributed by atoms with Crippen LogP contribution in [0.15, 0.2) is 36.7 Å². The molecule has 0 spiro atoms. The molecule has 0 aliphatic heterocycles. The van der Waals surface area contributed by atoms with Gasteiger partial charge in [0.25, 0.3) is 0 Å². The maximum absolute atomic E-state index is 5.78. The highest BCUT2D eigenvalue weighted by molar-refractivity contribution is 5.39. The van der Waals surface area contributed by atoms with E-state index in [-0.39, 0.29) is 6.04 Å². The summed E-state index contributed by atoms with van der Waals surface area (Å²) in [5.41, 5.74) is 7.76. The minimum Gasteiger partial charge on any atom is -0.497 e. The Bertz CT molecular complexity index is 477. The van der Waals surface area contributed by atoms with Crippen LogP contribution in [0.25, 0.3) is 5.69 Å². The zero-order valence-electron chi connectivity index (χ0n) is 9.42. The van der Waals surface area contributed by atoms with Crippen LogP contribution < -0.4 is 10.5 Å². The predicted molar refractivity (Wildman–Crippen MR) is 62.7 cm³/mol. The molecule has 16 heavy (non-hydrogen) atoms. The van der Waals surface area contributed by atoms with Crippen LogP contribution in [0.2, 0.25) is 0 Å². The monoisotopic (exact) mass is 217 g/mol. The summed E-state index contributed by atoms with van der Waals surface area (Å²) < 4.78 is 6.96. The van der Waals surface area contributed by atoms with Gasteiger partial charge in [0, 0.05) is 23.9 Å². The van der Waals surface area contributed by atoms with Gasteiger partial charge in [0.05, 0.1) is 19.0 Å². The zero-order valence-corrected chi connectivity index (χ0v) is 9.42. The third kappa shape index (κ3) is 2.06. The Morgan fingerprint density at radius 1 is 1.44 bits per heavy atom. The molecular weight excluding hydrogens is 202 g/mol. The normalized spacial score (nSPS) is 12.4. The number of methoxy groups -OCH3 is 1. The number of nitrogens with two attached hydrogens (primary N) is 1. The highest BCUT2D eigenvalue weighted by atomic mass is 16.5. The summed E-state index contributed by atoms with van der Waals surface area (Å²) in [4.78, 5) is 0. The molecule has 0 saturated carbocycles. The van der Waals surface area contributed by atoms with Crippen LogP contribution in [0.1, 0.15) is 18.5 Å². The van der Waals surface area contributed by atoms with Crippen molar-refractivity contribution in [3.63, 3.8) is 0 Å². The Kier molecular flexibility index (Phi) is 2.92. The smallest absolute Gasteiger partial charge is 0.121 e. The molecule has 0 aliphatic carbocycles. The Morgan fingerprint density at radius 3 is 2.88 bits per heavy atom. The van der Waals surface area contributed by atoms with Crippen molar-refractivity contribution >= 4 is 0 Å². The number of hydrogen-bond acceptors (Lipinski definition) is 3. The standard InChI is InChI=1S/C12H15N3O/c1-9(13)10-7-14-15(8-10)11-4-3-5-12(6-11)16-2/h3-9H,13H2,1-2H3. The molecule has 1 heterocycles. The first-order valence-corrected chi connectivity index (χ1v) is 5.15. The summed E-state index contributed by atoms with van der Waals surface area (Å²) in [5.74, 6) is 0.815. The van der Waals surface area contributed by atoms with Crippen LogP contribution in [0.4, 0.5) is 0 Å². The van der Waals surface area contributed by atoms with Gasteiger partial charge in [-0.1, -0.05) is 6.07 Å². The van der Waals surface area contributed by atoms with Gasteiger partial charge in [0.15, 0.2) is 0 Å². The molecule has 4 nitrogen and oxygen atoms in total. The topological polar surface area (TPSA) is 53.1 Å². The number of hydrogen-bond donors (Lipinski definition) is 1. The van der Waals surface area contributed by atoms with Crippen molar-refractivity contribution in [1.82, 2.24) is 9.78 Å². The van der Waals surface area contributed by atoms with Crippen LogP contribution in [-0.4, -0.2) is 16.9 Å². The molecule has 2 aromatic rings. The molecule has 1 aromatic carbocycles. The van der Waals surface area contributed by atoms with Gasteiger partial charge in [-0.2, -0.15) is 5.10 Å². The second kappa shape index (κ2) is 4.37. The molecule has 0 amide bonds. The molecule has 4 heteroatoms. The molecule has 2 rings (SSSR count). The second-order valence-corrected chi connectivity index (χ2v) is 3.71. The van der Waals surface area contributed by atoms with Gasteiger partial charge in [-0.25, -0.2) is 4.68 Å². The molecule has 1 atom stereocenters. The lowest BCUT2D eigenvalue weighted by Crippen LogP contribution is -2.03. The first kappa shape index (κ1) is 10.7. The molecule has 2 N–H and O–H groups in total. The molecule has 0 bridgehead atoms. The number of ether oxygens (including phenoxy) is 1. The van der Waals surface area contributed by atoms with Crippen molar-refractivity contribution in [2.75, 3.05) is 7.11 Å². The minimum absolute atomic E-state index is 0.000595. The maximum Gasteiger partial charge on any atom is 0.121 e. The summed E-state index contributed by atoms with van der Waals surface area (Å²) in [6.45, 7) is 1.94. The van der Waals surface area contributed by atoms with E-state index in [4.69, 9.17) is 10.5 Å². The highest BCUT2D eigenvalue weighted by Crippen LogP contribution is 2.17. The van der Waals surface area contributed by atoms with E-state index >= 15 is 0 Å². The van der Waals surface area contributed by atoms with Gasteiger partial charge in [-0.3, -0.25) is 0 Å². The van der Waals surface area contributed by atoms with E-state index in [2.05, 4.69) is 5.10 Å². The van der Waals surface area contributed by atoms with Crippen LogP contribution in [-0.2, 0) is 0 Å². The number of nitrogens with zero attached hydrogens (tertiary/aromatic N) is 2. The fourth-order valence-corrected chi connectivity index (χ4v) is 1.47. The van der Waals surface area contributed by atoms with E-state index in [0.717, 1.165) is 17.0 Å². The fourth-order valence-electron chi connectivity index (χ4n) is 1.47. The third-order valence-corrected chi connectivity index (χ3v) is 2.45. The lowest BCUT2D eigenvalue weighted by atomic mass is 10.2. The Morgan fingerprint density at radius 2 is 2.25 bits per heavy atom. The van der Waals surface area contributed by atoms with Gasteiger partial charge < -0.3 is 10.5 Å². The number of benzene rings is 1. The average Bonchev–Trinajstić information content (AvgIpc) is 2.78. The van der Waals surface area contributed by atoms with Gasteiger partial charge in [0.1, 0.15) is 5.75 Å². The summed E-state index contributed by atoms with van der Waals surface area (Å²) in [7, 11) is 1.65. The van der Waals surface area contributed by atoms with Crippen LogP contribution in [0.5, 0.6) is 5.75 Å². The van der Waals surface area contributed by atoms with Gasteiger partial charge in [-0.05, 0) is 19.1 Å². The maximum atomic E-state index is 5.78. The predicted octanol–water partition coefficient (Wildman–Crippen LogP) is 1.90. The molecule has 1 unspecified atom stereocenters. The van der Waals surface area contributed by atoms with E-state index in [1.165, 1.54) is 0 Å². The average molecular weight is 217 g/mol. The Balaban J connectivity index is 2.34. The van der Waals surface area contributed by atoms with Crippen molar-refractivity contribution in [1.29, 1.82) is 0 Å². The van der Waals surface area contributed by atoms with Crippen molar-refractivity contribution in [2.45, 2.75) is 13.0 Å². The van der Waals surface area contributed by atoms with Crippen LogP contribution >= 0.6 is 0 Å². The first-order valence-electron chi connectivity index (χ1n) is 5.15. The summed E-state index contributed by atoms with van der Waals surface area (Å²) in [5, 5.41) is 4.26. The van der Waals surface area contributed by atoms with Crippen LogP contribution in [0.3, 0.4) is 0 Å². The van der Waals surface area contributed by atoms with E-state index in [0.29, 0.717) is 0 Å². The summed E-state index contributed by atoms with van der Waals surface area (Å²) >= 11 is 0. The first-order chi connectivity index (χ1) is 7.70. The van der Waals surface area contributed by atoms with E-state index in [9.17, 15) is 0 Å². The van der Waals surface area contributed by atoms with Gasteiger partial charge in [0.2, 0.25) is 0 Å². The molecule has 84 valence electrons. The highest BCUT2D eigenvalue weighted by Gasteiger charge is 2.04. The van der Waals surface area contributed by atoms with Crippen LogP contribution in [0, 0.1) is 0 Å².